The lowest BCUT2D eigenvalue weighted by Gasteiger charge is -2.33. The van der Waals surface area contributed by atoms with Crippen LogP contribution in [-0.4, -0.2) is 15.8 Å². The van der Waals surface area contributed by atoms with E-state index < -0.39 is 4.87 Å². The molecule has 0 fully saturated rings. The van der Waals surface area contributed by atoms with Gasteiger partial charge in [0.05, 0.1) is 12.1 Å². The molecule has 1 aliphatic rings. The number of nitrogens with two attached hydrogens (primary N) is 1. The molecule has 28 heavy (non-hydrogen) atoms. The second kappa shape index (κ2) is 6.99. The third-order valence-corrected chi connectivity index (χ3v) is 6.31. The van der Waals surface area contributed by atoms with Crippen LogP contribution in [0.25, 0.3) is 10.8 Å². The molecule has 5 heteroatoms. The second-order valence-electron chi connectivity index (χ2n) is 7.45. The normalized spacial score (nSPS) is 19.1. The Bertz CT molecular complexity index is 1100. The van der Waals surface area contributed by atoms with Crippen LogP contribution >= 0.6 is 11.8 Å². The molecule has 3 aromatic carbocycles. The van der Waals surface area contributed by atoms with Gasteiger partial charge in [-0.15, -0.1) is 0 Å². The molecule has 0 aliphatic carbocycles. The van der Waals surface area contributed by atoms with Crippen LogP contribution in [0, 0.1) is 13.8 Å². The number of rotatable bonds is 4. The predicted octanol–water partition coefficient (Wildman–Crippen LogP) is 4.96. The van der Waals surface area contributed by atoms with Crippen molar-refractivity contribution in [3.8, 4) is 0 Å². The molecule has 2 N–H and O–H groups in total. The van der Waals surface area contributed by atoms with Gasteiger partial charge in [-0.1, -0.05) is 71.9 Å². The molecule has 1 aliphatic heterocycles. The first-order valence-electron chi connectivity index (χ1n) is 9.29. The van der Waals surface area contributed by atoms with Crippen molar-refractivity contribution in [1.82, 2.24) is 0 Å². The number of benzene rings is 3. The molecule has 4 rings (SSSR count). The first-order valence-corrected chi connectivity index (χ1v) is 10.1. The van der Waals surface area contributed by atoms with Crippen molar-refractivity contribution in [2.45, 2.75) is 32.1 Å². The Hall–Kier alpha value is -2.79. The minimum absolute atomic E-state index is 0.211. The third kappa shape index (κ3) is 3.27. The van der Waals surface area contributed by atoms with Gasteiger partial charge in [-0.2, -0.15) is 5.10 Å². The fourth-order valence-electron chi connectivity index (χ4n) is 3.78. The number of carbonyl (C=O) groups excluding carboxylic acids is 1. The fourth-order valence-corrected chi connectivity index (χ4v) is 5.04. The van der Waals surface area contributed by atoms with E-state index in [1.165, 1.54) is 10.9 Å². The number of hydrazone groups is 1. The average molecular weight is 390 g/mol. The highest BCUT2D eigenvalue weighted by atomic mass is 32.2. The molecule has 142 valence electrons. The van der Waals surface area contributed by atoms with E-state index in [0.717, 1.165) is 27.2 Å². The van der Waals surface area contributed by atoms with Gasteiger partial charge >= 0.3 is 0 Å². The van der Waals surface area contributed by atoms with Crippen LogP contribution in [0.4, 0.5) is 5.69 Å². The molecule has 1 amide bonds. The summed E-state index contributed by atoms with van der Waals surface area (Å²) in [5, 5.41) is 10.2. The third-order valence-electron chi connectivity index (χ3n) is 5.06. The lowest BCUT2D eigenvalue weighted by molar-refractivity contribution is -0.118. The Balaban J connectivity index is 1.86. The van der Waals surface area contributed by atoms with Gasteiger partial charge in [0.1, 0.15) is 9.91 Å². The van der Waals surface area contributed by atoms with Gasteiger partial charge in [0.25, 0.3) is 0 Å². The van der Waals surface area contributed by atoms with Gasteiger partial charge in [-0.05, 0) is 43.2 Å². The number of hydrogen-bond acceptors (Lipinski definition) is 4. The summed E-state index contributed by atoms with van der Waals surface area (Å²) in [7, 11) is 0. The van der Waals surface area contributed by atoms with E-state index in [4.69, 9.17) is 10.8 Å². The van der Waals surface area contributed by atoms with Gasteiger partial charge in [0.15, 0.2) is 0 Å². The maximum absolute atomic E-state index is 11.9. The van der Waals surface area contributed by atoms with E-state index in [1.54, 1.807) is 11.8 Å². The Labute approximate surface area is 169 Å². The summed E-state index contributed by atoms with van der Waals surface area (Å²) in [6.45, 7) is 6.18. The van der Waals surface area contributed by atoms with Crippen molar-refractivity contribution in [2.24, 2.45) is 10.8 Å². The van der Waals surface area contributed by atoms with Crippen LogP contribution in [0.5, 0.6) is 0 Å². The van der Waals surface area contributed by atoms with Crippen LogP contribution in [-0.2, 0) is 4.79 Å². The minimum Gasteiger partial charge on any atom is -0.370 e. The number of aryl methyl sites for hydroxylation is 2. The summed E-state index contributed by atoms with van der Waals surface area (Å²) in [4.78, 5) is 11.3. The lowest BCUT2D eigenvalue weighted by Crippen LogP contribution is -2.41. The SMILES string of the molecule is Cc1ccc(N2N=C(c3cccc4ccccc34)SC2(C)CC(N)=O)c(C)c1. The zero-order valence-corrected chi connectivity index (χ0v) is 17.1. The van der Waals surface area contributed by atoms with Crippen molar-refractivity contribution < 1.29 is 4.79 Å². The van der Waals surface area contributed by atoms with Crippen molar-refractivity contribution in [2.75, 3.05) is 5.01 Å². The highest BCUT2D eigenvalue weighted by Gasteiger charge is 2.42. The Morgan fingerprint density at radius 2 is 1.86 bits per heavy atom. The van der Waals surface area contributed by atoms with Crippen LogP contribution in [0.3, 0.4) is 0 Å². The Morgan fingerprint density at radius 1 is 1.11 bits per heavy atom. The molecule has 0 saturated heterocycles. The number of nitrogens with zero attached hydrogens (tertiary/aromatic N) is 2. The minimum atomic E-state index is -0.571. The van der Waals surface area contributed by atoms with Crippen molar-refractivity contribution in [3.05, 3.63) is 77.4 Å². The first kappa shape index (κ1) is 18.6. The van der Waals surface area contributed by atoms with Gasteiger partial charge in [0.2, 0.25) is 5.91 Å². The number of carbonyl (C=O) groups is 1. The number of amides is 1. The lowest BCUT2D eigenvalue weighted by atomic mass is 10.1. The molecule has 1 unspecified atom stereocenters. The molecule has 0 aromatic heterocycles. The number of fused-ring (bicyclic) bond motifs is 1. The fraction of sp³-hybridized carbons (Fsp3) is 0.217. The second-order valence-corrected chi connectivity index (χ2v) is 8.92. The molecule has 0 saturated carbocycles. The smallest absolute Gasteiger partial charge is 0.220 e. The molecule has 0 bridgehead atoms. The first-order chi connectivity index (χ1) is 13.4. The number of anilines is 1. The number of thioether (sulfide) groups is 1. The molecule has 0 spiro atoms. The molecule has 4 nitrogen and oxygen atoms in total. The molecule has 1 atom stereocenters. The highest BCUT2D eigenvalue weighted by molar-refractivity contribution is 8.16. The number of hydrogen-bond donors (Lipinski definition) is 1. The predicted molar refractivity (Wildman–Crippen MR) is 119 cm³/mol. The maximum atomic E-state index is 11.9. The molecular formula is C23H23N3OS. The Kier molecular flexibility index (Phi) is 4.63. The summed E-state index contributed by atoms with van der Waals surface area (Å²) in [6, 6.07) is 20.8. The van der Waals surface area contributed by atoms with Crippen molar-refractivity contribution in [1.29, 1.82) is 0 Å². The maximum Gasteiger partial charge on any atom is 0.220 e. The van der Waals surface area contributed by atoms with Gasteiger partial charge in [-0.3, -0.25) is 4.79 Å². The van der Waals surface area contributed by atoms with Crippen LogP contribution in [0.15, 0.2) is 65.8 Å². The van der Waals surface area contributed by atoms with Crippen molar-refractivity contribution >= 4 is 39.2 Å². The monoisotopic (exact) mass is 389 g/mol. The summed E-state index contributed by atoms with van der Waals surface area (Å²) >= 11 is 1.60. The van der Waals surface area contributed by atoms with E-state index in [-0.39, 0.29) is 12.3 Å². The van der Waals surface area contributed by atoms with Crippen LogP contribution in [0.2, 0.25) is 0 Å². The topological polar surface area (TPSA) is 58.7 Å². The van der Waals surface area contributed by atoms with E-state index in [2.05, 4.69) is 56.3 Å². The summed E-state index contributed by atoms with van der Waals surface area (Å²) in [6.07, 6.45) is 0.211. The van der Waals surface area contributed by atoms with Gasteiger partial charge in [0, 0.05) is 5.56 Å². The average Bonchev–Trinajstić information content (AvgIpc) is 2.97. The molecule has 0 radical (unpaired) electrons. The summed E-state index contributed by atoms with van der Waals surface area (Å²) in [5.41, 5.74) is 10.00. The van der Waals surface area contributed by atoms with Gasteiger partial charge in [-0.25, -0.2) is 5.01 Å². The zero-order valence-electron chi connectivity index (χ0n) is 16.3. The van der Waals surface area contributed by atoms with E-state index >= 15 is 0 Å². The molecule has 1 heterocycles. The Morgan fingerprint density at radius 3 is 2.61 bits per heavy atom. The van der Waals surface area contributed by atoms with Crippen LogP contribution in [0.1, 0.15) is 30.0 Å². The molecular weight excluding hydrogens is 366 g/mol. The zero-order chi connectivity index (χ0) is 19.9. The number of primary amides is 1. The van der Waals surface area contributed by atoms with E-state index in [9.17, 15) is 4.79 Å². The van der Waals surface area contributed by atoms with Crippen LogP contribution < -0.4 is 10.7 Å². The largest absolute Gasteiger partial charge is 0.370 e. The molecule has 3 aromatic rings. The summed E-state index contributed by atoms with van der Waals surface area (Å²) in [5.74, 6) is -0.334. The summed E-state index contributed by atoms with van der Waals surface area (Å²) < 4.78 is 0. The van der Waals surface area contributed by atoms with E-state index in [0.29, 0.717) is 0 Å². The van der Waals surface area contributed by atoms with E-state index in [1.807, 2.05) is 30.1 Å². The van der Waals surface area contributed by atoms with Crippen molar-refractivity contribution in [3.63, 3.8) is 0 Å². The highest BCUT2D eigenvalue weighted by Crippen LogP contribution is 2.46. The standard InChI is InChI=1S/C23H23N3OS/c1-15-11-12-20(16(2)13-15)26-23(3,14-21(24)27)28-22(25-26)19-10-6-8-17-7-4-5-9-18(17)19/h4-13H,14H2,1-3H3,(H2,24,27). The van der Waals surface area contributed by atoms with Gasteiger partial charge < -0.3 is 5.73 Å². The quantitative estimate of drug-likeness (QED) is 0.686.